The van der Waals surface area contributed by atoms with E-state index in [0.717, 1.165) is 18.9 Å². The topological polar surface area (TPSA) is 101 Å². The fraction of sp³-hybridized carbons (Fsp3) is 0.636. The Balaban J connectivity index is 2.40. The number of nitrogens with zero attached hydrogens (tertiary/aromatic N) is 2. The average molecular weight is 355 g/mol. The van der Waals surface area contributed by atoms with Crippen LogP contribution in [0.5, 0.6) is 0 Å². The van der Waals surface area contributed by atoms with Crippen molar-refractivity contribution in [3.05, 3.63) is 20.5 Å². The molecular weight excluding hydrogens is 340 g/mol. The molecule has 1 aliphatic heterocycles. The minimum absolute atomic E-state index is 0.153. The van der Waals surface area contributed by atoms with Gasteiger partial charge in [0.05, 0.1) is 11.5 Å². The van der Waals surface area contributed by atoms with Crippen LogP contribution < -0.4 is 0 Å². The van der Waals surface area contributed by atoms with Crippen molar-refractivity contribution >= 4 is 38.6 Å². The van der Waals surface area contributed by atoms with Crippen LogP contribution in [0.4, 0.5) is 5.69 Å². The van der Waals surface area contributed by atoms with Gasteiger partial charge >= 0.3 is 0 Å². The summed E-state index contributed by atoms with van der Waals surface area (Å²) in [5.41, 5.74) is -0.407. The molecule has 1 unspecified atom stereocenters. The molecule has 1 aromatic heterocycles. The van der Waals surface area contributed by atoms with Crippen molar-refractivity contribution in [2.24, 2.45) is 0 Å². The van der Waals surface area contributed by atoms with E-state index < -0.39 is 26.7 Å². The van der Waals surface area contributed by atoms with E-state index in [1.807, 2.05) is 0 Å². The molecule has 2 heterocycles. The fourth-order valence-electron chi connectivity index (χ4n) is 2.36. The smallest absolute Gasteiger partial charge is 0.300 e. The molecule has 10 heteroatoms. The van der Waals surface area contributed by atoms with Crippen molar-refractivity contribution in [1.82, 2.24) is 4.31 Å². The van der Waals surface area contributed by atoms with Crippen molar-refractivity contribution in [3.8, 4) is 0 Å². The third kappa shape index (κ3) is 3.37. The van der Waals surface area contributed by atoms with Gasteiger partial charge in [0.15, 0.2) is 4.34 Å². The Hall–Kier alpha value is -0.740. The lowest BCUT2D eigenvalue weighted by Gasteiger charge is -2.26. The Bertz CT molecular complexity index is 631. The summed E-state index contributed by atoms with van der Waals surface area (Å²) in [6.07, 6.45) is 3.03. The van der Waals surface area contributed by atoms with Crippen LogP contribution in [-0.2, 0) is 10.0 Å². The molecule has 1 N–H and O–H groups in total. The fourth-order valence-corrected chi connectivity index (χ4v) is 5.83. The second-order valence-electron chi connectivity index (χ2n) is 4.78. The van der Waals surface area contributed by atoms with E-state index in [0.29, 0.717) is 30.7 Å². The molecule has 1 aromatic rings. The number of thiophene rings is 1. The van der Waals surface area contributed by atoms with Crippen molar-refractivity contribution < 1.29 is 18.4 Å². The second-order valence-corrected chi connectivity index (χ2v) is 8.55. The van der Waals surface area contributed by atoms with E-state index in [2.05, 4.69) is 0 Å². The predicted molar refractivity (Wildman–Crippen MR) is 79.2 cm³/mol. The van der Waals surface area contributed by atoms with Crippen LogP contribution in [-0.4, -0.2) is 41.9 Å². The molecule has 0 spiro atoms. The van der Waals surface area contributed by atoms with Gasteiger partial charge in [0.2, 0.25) is 0 Å². The summed E-state index contributed by atoms with van der Waals surface area (Å²) >= 11 is 6.41. The Labute approximate surface area is 131 Å². The SMILES string of the molecule is O=[N+]([O-])c1cc(S(=O)(=O)N2CCCCCC2CO)sc1Cl. The Morgan fingerprint density at radius 1 is 1.48 bits per heavy atom. The number of hydrogen-bond donors (Lipinski definition) is 1. The molecule has 0 aromatic carbocycles. The number of sulfonamides is 1. The van der Waals surface area contributed by atoms with Crippen LogP contribution in [0.1, 0.15) is 25.7 Å². The minimum Gasteiger partial charge on any atom is -0.395 e. The van der Waals surface area contributed by atoms with Gasteiger partial charge in [-0.1, -0.05) is 24.4 Å². The lowest BCUT2D eigenvalue weighted by molar-refractivity contribution is -0.384. The van der Waals surface area contributed by atoms with Gasteiger partial charge in [0, 0.05) is 18.7 Å². The van der Waals surface area contributed by atoms with Gasteiger partial charge < -0.3 is 5.11 Å². The lowest BCUT2D eigenvalue weighted by atomic mass is 10.1. The van der Waals surface area contributed by atoms with E-state index in [1.165, 1.54) is 4.31 Å². The molecule has 2 rings (SSSR count). The first kappa shape index (κ1) is 16.6. The summed E-state index contributed by atoms with van der Waals surface area (Å²) in [4.78, 5) is 10.1. The van der Waals surface area contributed by atoms with Crippen molar-refractivity contribution in [1.29, 1.82) is 0 Å². The van der Waals surface area contributed by atoms with E-state index in [4.69, 9.17) is 11.6 Å². The van der Waals surface area contributed by atoms with Crippen molar-refractivity contribution in [2.75, 3.05) is 13.2 Å². The molecule has 118 valence electrons. The van der Waals surface area contributed by atoms with Gasteiger partial charge in [0.25, 0.3) is 15.7 Å². The summed E-state index contributed by atoms with van der Waals surface area (Å²) in [6.45, 7) is 0.0390. The number of nitro groups is 1. The molecule has 21 heavy (non-hydrogen) atoms. The number of hydrogen-bond acceptors (Lipinski definition) is 6. The Morgan fingerprint density at radius 2 is 2.19 bits per heavy atom. The minimum atomic E-state index is -3.88. The van der Waals surface area contributed by atoms with E-state index in [1.54, 1.807) is 0 Å². The monoisotopic (exact) mass is 354 g/mol. The maximum Gasteiger partial charge on any atom is 0.300 e. The molecule has 0 aliphatic carbocycles. The quantitative estimate of drug-likeness (QED) is 0.660. The van der Waals surface area contributed by atoms with Crippen LogP contribution in [0.2, 0.25) is 4.34 Å². The molecule has 1 atom stereocenters. The van der Waals surface area contributed by atoms with Gasteiger partial charge in [-0.25, -0.2) is 8.42 Å². The van der Waals surface area contributed by atoms with E-state index >= 15 is 0 Å². The van der Waals surface area contributed by atoms with E-state index in [-0.39, 0.29) is 15.2 Å². The molecule has 0 saturated carbocycles. The van der Waals surface area contributed by atoms with Crippen molar-refractivity contribution in [2.45, 2.75) is 35.9 Å². The van der Waals surface area contributed by atoms with E-state index in [9.17, 15) is 23.6 Å². The molecule has 0 bridgehead atoms. The molecule has 1 saturated heterocycles. The molecular formula is C11H15ClN2O5S2. The maximum atomic E-state index is 12.6. The molecule has 7 nitrogen and oxygen atoms in total. The first-order valence-electron chi connectivity index (χ1n) is 6.44. The summed E-state index contributed by atoms with van der Waals surface area (Å²) in [5.74, 6) is 0. The van der Waals surface area contributed by atoms with Crippen LogP contribution in [0, 0.1) is 10.1 Å². The largest absolute Gasteiger partial charge is 0.395 e. The highest BCUT2D eigenvalue weighted by molar-refractivity contribution is 7.91. The number of rotatable bonds is 4. The zero-order valence-corrected chi connectivity index (χ0v) is 13.5. The van der Waals surface area contributed by atoms with Gasteiger partial charge in [-0.05, 0) is 12.8 Å². The van der Waals surface area contributed by atoms with Gasteiger partial charge in [0.1, 0.15) is 4.21 Å². The summed E-state index contributed by atoms with van der Waals surface area (Å²) in [6, 6.07) is 0.499. The second kappa shape index (κ2) is 6.57. The number of aliphatic hydroxyl groups is 1. The number of aliphatic hydroxyl groups excluding tert-OH is 1. The normalized spacial score (nSPS) is 21.1. The Morgan fingerprint density at radius 3 is 2.76 bits per heavy atom. The highest BCUT2D eigenvalue weighted by Gasteiger charge is 2.35. The highest BCUT2D eigenvalue weighted by Crippen LogP contribution is 2.38. The molecule has 0 amide bonds. The Kier molecular flexibility index (Phi) is 5.20. The number of halogens is 1. The zero-order chi connectivity index (χ0) is 15.6. The first-order chi connectivity index (χ1) is 9.87. The van der Waals surface area contributed by atoms with Gasteiger partial charge in [-0.2, -0.15) is 4.31 Å². The van der Waals surface area contributed by atoms with Crippen LogP contribution in [0.25, 0.3) is 0 Å². The third-order valence-electron chi connectivity index (χ3n) is 3.44. The van der Waals surface area contributed by atoms with Gasteiger partial charge in [-0.3, -0.25) is 10.1 Å². The molecule has 1 aliphatic rings. The lowest BCUT2D eigenvalue weighted by Crippen LogP contribution is -2.41. The van der Waals surface area contributed by atoms with Crippen molar-refractivity contribution in [3.63, 3.8) is 0 Å². The summed E-state index contributed by atoms with van der Waals surface area (Å²) in [5, 5.41) is 20.2. The summed E-state index contributed by atoms with van der Waals surface area (Å²) in [7, 11) is -3.88. The van der Waals surface area contributed by atoms with Crippen LogP contribution >= 0.6 is 22.9 Å². The highest BCUT2D eigenvalue weighted by atomic mass is 35.5. The average Bonchev–Trinajstić information content (AvgIpc) is 2.68. The zero-order valence-electron chi connectivity index (χ0n) is 11.1. The summed E-state index contributed by atoms with van der Waals surface area (Å²) < 4.78 is 26.2. The maximum absolute atomic E-state index is 12.6. The molecule has 0 radical (unpaired) electrons. The predicted octanol–water partition coefficient (Wildman–Crippen LogP) is 2.24. The molecule has 1 fully saturated rings. The third-order valence-corrected chi connectivity index (χ3v) is 7.18. The van der Waals surface area contributed by atoms with Crippen LogP contribution in [0.15, 0.2) is 10.3 Å². The first-order valence-corrected chi connectivity index (χ1v) is 9.08. The van der Waals surface area contributed by atoms with Gasteiger partial charge in [-0.15, -0.1) is 11.3 Å². The van der Waals surface area contributed by atoms with Crippen LogP contribution in [0.3, 0.4) is 0 Å². The standard InChI is InChI=1S/C11H15ClN2O5S2/c12-11-9(14(16)17)6-10(20-11)21(18,19)13-5-3-1-2-4-8(13)7-15/h6,8,15H,1-5,7H2.